The minimum absolute atomic E-state index is 0. The Hall–Kier alpha value is -6.51. The Kier molecular flexibility index (Phi) is 28.0. The molecule has 28 heteroatoms. The summed E-state index contributed by atoms with van der Waals surface area (Å²) in [5.74, 6) is -11.5. The molecule has 0 bridgehead atoms. The van der Waals surface area contributed by atoms with Crippen LogP contribution in [0.4, 0.5) is 35.1 Å². The molecule has 2 rings (SSSR count). The zero-order valence-electron chi connectivity index (χ0n) is 48.1. The molecule has 0 heterocycles. The Morgan fingerprint density at radius 3 is 1.16 bits per heavy atom. The first-order chi connectivity index (χ1) is 37.0. The van der Waals surface area contributed by atoms with Crippen molar-refractivity contribution in [1.82, 2.24) is 20.0 Å². The fourth-order valence-electron chi connectivity index (χ4n) is 8.09. The van der Waals surface area contributed by atoms with Crippen LogP contribution in [0.1, 0.15) is 106 Å². The molecular formula is C54H75ClF8N4O15. The topological polar surface area (TPSA) is 234 Å². The smallest absolute Gasteiger partial charge is 0.478 e. The van der Waals surface area contributed by atoms with E-state index >= 15 is 8.78 Å². The second-order valence-corrected chi connectivity index (χ2v) is 21.5. The Morgan fingerprint density at radius 1 is 0.500 bits per heavy atom. The van der Waals surface area contributed by atoms with Crippen LogP contribution in [0.5, 0.6) is 11.5 Å². The van der Waals surface area contributed by atoms with E-state index in [1.807, 2.05) is 13.8 Å². The molecular weight excluding hydrogens is 1130 g/mol. The lowest BCUT2D eigenvalue weighted by Gasteiger charge is -2.35. The van der Waals surface area contributed by atoms with Gasteiger partial charge in [0, 0.05) is 46.8 Å². The predicted molar refractivity (Wildman–Crippen MR) is 280 cm³/mol. The molecule has 2 aromatic rings. The molecule has 0 saturated carbocycles. The van der Waals surface area contributed by atoms with Gasteiger partial charge in [-0.1, -0.05) is 52.0 Å². The number of amides is 3. The number of hydrogen-bond donors (Lipinski definition) is 2. The summed E-state index contributed by atoms with van der Waals surface area (Å²) in [6, 6.07) is 1.81. The van der Waals surface area contributed by atoms with Crippen molar-refractivity contribution in [3.8, 4) is 11.5 Å². The van der Waals surface area contributed by atoms with E-state index in [0.717, 1.165) is 114 Å². The molecule has 2 aromatic carbocycles. The number of rotatable bonds is 30. The molecule has 0 unspecified atom stereocenters. The first-order valence-electron chi connectivity index (χ1n) is 25.6. The van der Waals surface area contributed by atoms with Crippen LogP contribution >= 0.6 is 12.4 Å². The Bertz CT molecular complexity index is 2450. The van der Waals surface area contributed by atoms with Crippen LogP contribution in [-0.2, 0) is 70.1 Å². The number of benzene rings is 2. The normalized spacial score (nSPS) is 15.0. The molecule has 2 N–H and O–H groups in total. The summed E-state index contributed by atoms with van der Waals surface area (Å²) in [4.78, 5) is 112. The SMILES string of the molecule is CN[C@@H](CC(C)C)C(=O)O[C@@H](C)C(=O)N(C)[C@@H](CC(C)(C)F)C(=O)O[C@@H](Cc1ccc(OC(F)(F)F)cc1)C(=O)N(C)[C@@H](CC(C)C)C(=O)O[C@@H](C)C(=O)N(C)[C@@H](CC(C)(C)F)C(=O)O[C@@H](Cc1ccc(OC(F)(F)F)cc1)C(=O)O.Cl. The second-order valence-electron chi connectivity index (χ2n) is 21.5. The van der Waals surface area contributed by atoms with Crippen molar-refractivity contribution in [3.05, 3.63) is 59.7 Å². The Balaban J connectivity index is 0.0000336. The van der Waals surface area contributed by atoms with E-state index in [4.69, 9.17) is 18.9 Å². The number of aliphatic carboxylic acids is 1. The average molecular weight is 1210 g/mol. The molecule has 19 nitrogen and oxygen atoms in total. The van der Waals surface area contributed by atoms with Crippen molar-refractivity contribution in [2.24, 2.45) is 11.8 Å². The van der Waals surface area contributed by atoms with Gasteiger partial charge in [-0.3, -0.25) is 19.2 Å². The van der Waals surface area contributed by atoms with Gasteiger partial charge in [0.05, 0.1) is 0 Å². The van der Waals surface area contributed by atoms with Crippen LogP contribution in [0.25, 0.3) is 0 Å². The van der Waals surface area contributed by atoms with Crippen LogP contribution in [0.15, 0.2) is 48.5 Å². The summed E-state index contributed by atoms with van der Waals surface area (Å²) in [5, 5.41) is 12.7. The summed E-state index contributed by atoms with van der Waals surface area (Å²) < 4.78 is 138. The van der Waals surface area contributed by atoms with E-state index in [-0.39, 0.29) is 35.9 Å². The molecule has 0 saturated heterocycles. The third-order valence-electron chi connectivity index (χ3n) is 12.2. The molecule has 0 spiro atoms. The zero-order valence-corrected chi connectivity index (χ0v) is 48.9. The first-order valence-corrected chi connectivity index (χ1v) is 25.6. The van der Waals surface area contributed by atoms with E-state index in [1.165, 1.54) is 14.0 Å². The number of carbonyl (C=O) groups is 8. The standard InChI is InChI=1S/C54H74F8N4O15.ClH/c1-29(2)23-37(63-11)47(72)76-31(5)43(67)65(13)39(27-51(7,8)55)49(74)78-41(25-33-15-19-35(20-16-33)80-53(57,58)59)45(69)64(12)38(24-30(3)4)48(73)77-32(6)44(68)66(14)40(28-52(9,10)56)50(75)79-42(46(70)71)26-34-17-21-36(22-18-34)81-54(60,61)62;/h15-22,29-32,37-42,63H,23-28H2,1-14H3,(H,70,71);1H/t31-,32-,37-,38-,39-,40-,41-,42-;/m0./s1. The number of carboxylic acids is 1. The van der Waals surface area contributed by atoms with Gasteiger partial charge in [-0.2, -0.15) is 0 Å². The molecule has 0 radical (unpaired) electrons. The highest BCUT2D eigenvalue weighted by Gasteiger charge is 2.43. The van der Waals surface area contributed by atoms with E-state index < -0.39 is 163 Å². The molecule has 0 aliphatic heterocycles. The second kappa shape index (κ2) is 31.2. The van der Waals surface area contributed by atoms with E-state index in [0.29, 0.717) is 11.3 Å². The van der Waals surface area contributed by atoms with Gasteiger partial charge in [0.2, 0.25) is 6.10 Å². The lowest BCUT2D eigenvalue weighted by molar-refractivity contribution is -0.275. The lowest BCUT2D eigenvalue weighted by atomic mass is 9.98. The number of esters is 4. The average Bonchev–Trinajstić information content (AvgIpc) is 3.33. The number of halogens is 9. The number of ether oxygens (including phenoxy) is 6. The van der Waals surface area contributed by atoms with Crippen LogP contribution < -0.4 is 14.8 Å². The Labute approximate surface area is 477 Å². The summed E-state index contributed by atoms with van der Waals surface area (Å²) in [7, 11) is 4.72. The molecule has 8 atom stereocenters. The molecule has 0 aromatic heterocycles. The number of nitrogens with zero attached hydrogens (tertiary/aromatic N) is 3. The minimum atomic E-state index is -5.08. The fourth-order valence-corrected chi connectivity index (χ4v) is 8.09. The highest BCUT2D eigenvalue weighted by Crippen LogP contribution is 2.28. The quantitative estimate of drug-likeness (QED) is 0.0430. The van der Waals surface area contributed by atoms with Gasteiger partial charge in [0.1, 0.15) is 47.0 Å². The summed E-state index contributed by atoms with van der Waals surface area (Å²) >= 11 is 0. The number of carbonyl (C=O) groups excluding carboxylic acids is 7. The number of likely N-dealkylation sites (N-methyl/N-ethyl adjacent to an activating group) is 4. The largest absolute Gasteiger partial charge is 0.573 e. The van der Waals surface area contributed by atoms with Crippen LogP contribution in [0.3, 0.4) is 0 Å². The monoisotopic (exact) mass is 1210 g/mol. The Morgan fingerprint density at radius 2 is 0.829 bits per heavy atom. The van der Waals surface area contributed by atoms with Gasteiger partial charge in [0.15, 0.2) is 18.3 Å². The van der Waals surface area contributed by atoms with E-state index in [1.54, 1.807) is 13.8 Å². The van der Waals surface area contributed by atoms with Crippen molar-refractivity contribution in [1.29, 1.82) is 0 Å². The predicted octanol–water partition coefficient (Wildman–Crippen LogP) is 7.90. The lowest BCUT2D eigenvalue weighted by Crippen LogP contribution is -2.54. The molecule has 82 heavy (non-hydrogen) atoms. The van der Waals surface area contributed by atoms with Crippen molar-refractivity contribution >= 4 is 60.0 Å². The van der Waals surface area contributed by atoms with Gasteiger partial charge < -0.3 is 53.5 Å². The number of carboxylic acid groups (broad SMARTS) is 1. The van der Waals surface area contributed by atoms with Crippen molar-refractivity contribution in [3.63, 3.8) is 0 Å². The summed E-state index contributed by atoms with van der Waals surface area (Å²) in [5.41, 5.74) is -4.30. The van der Waals surface area contributed by atoms with Gasteiger partial charge >= 0.3 is 42.6 Å². The van der Waals surface area contributed by atoms with Gasteiger partial charge in [-0.15, -0.1) is 38.7 Å². The van der Waals surface area contributed by atoms with E-state index in [2.05, 4.69) is 14.8 Å². The minimum Gasteiger partial charge on any atom is -0.478 e. The molecule has 0 aliphatic carbocycles. The van der Waals surface area contributed by atoms with E-state index in [9.17, 15) is 69.8 Å². The highest BCUT2D eigenvalue weighted by atomic mass is 35.5. The molecule has 3 amide bonds. The first kappa shape index (κ1) is 73.5. The molecule has 464 valence electrons. The summed E-state index contributed by atoms with van der Waals surface area (Å²) in [6.45, 7) is 13.5. The molecule has 0 fully saturated rings. The van der Waals surface area contributed by atoms with Crippen molar-refractivity contribution in [2.45, 2.75) is 180 Å². The number of alkyl halides is 8. The number of hydrogen-bond acceptors (Lipinski definition) is 15. The third kappa shape index (κ3) is 25.3. The fraction of sp³-hybridized carbons (Fsp3) is 0.630. The number of nitrogens with one attached hydrogen (secondary N) is 1. The van der Waals surface area contributed by atoms with Gasteiger partial charge in [-0.05, 0) is 109 Å². The van der Waals surface area contributed by atoms with Gasteiger partial charge in [0.25, 0.3) is 17.7 Å². The zero-order chi connectivity index (χ0) is 62.3. The van der Waals surface area contributed by atoms with Crippen LogP contribution in [0.2, 0.25) is 0 Å². The van der Waals surface area contributed by atoms with Crippen LogP contribution in [0, 0.1) is 11.8 Å². The molecule has 0 aliphatic rings. The maximum absolute atomic E-state index is 15.5. The van der Waals surface area contributed by atoms with Crippen LogP contribution in [-0.4, -0.2) is 168 Å². The van der Waals surface area contributed by atoms with Crippen molar-refractivity contribution < 1.29 is 107 Å². The maximum atomic E-state index is 15.5. The third-order valence-corrected chi connectivity index (χ3v) is 12.2. The summed E-state index contributed by atoms with van der Waals surface area (Å²) in [6.07, 6.45) is -20.1. The van der Waals surface area contributed by atoms with Gasteiger partial charge in [-0.25, -0.2) is 28.0 Å². The maximum Gasteiger partial charge on any atom is 0.573 e. The van der Waals surface area contributed by atoms with Crippen molar-refractivity contribution in [2.75, 3.05) is 28.2 Å². The highest BCUT2D eigenvalue weighted by molar-refractivity contribution is 5.93.